The molecule has 0 saturated carbocycles. The number of fused-ring (bicyclic) bond motifs is 1. The average molecular weight is 300 g/mol. The molecular weight excluding hydrogens is 276 g/mol. The summed E-state index contributed by atoms with van der Waals surface area (Å²) in [6.45, 7) is 6.91. The fourth-order valence-corrected chi connectivity index (χ4v) is 4.57. The highest BCUT2D eigenvalue weighted by Crippen LogP contribution is 2.45. The van der Waals surface area contributed by atoms with Crippen LogP contribution in [-0.2, 0) is 12.8 Å². The second-order valence-corrected chi connectivity index (χ2v) is 7.76. The highest BCUT2D eigenvalue weighted by molar-refractivity contribution is 7.15. The standard InChI is InChI=1S/C18H24N2S/c1-5-12-8-6-7-9-13(12)17-20-15-11-18(2,3)10-14(19-4)16(15)21-17/h6-9,14,19H,5,10-11H2,1-4H3. The van der Waals surface area contributed by atoms with Gasteiger partial charge in [-0.05, 0) is 37.3 Å². The van der Waals surface area contributed by atoms with Gasteiger partial charge in [0.15, 0.2) is 0 Å². The molecule has 1 aromatic carbocycles. The highest BCUT2D eigenvalue weighted by Gasteiger charge is 2.34. The molecule has 0 fully saturated rings. The van der Waals surface area contributed by atoms with Crippen LogP contribution in [0.5, 0.6) is 0 Å². The molecule has 0 aliphatic heterocycles. The summed E-state index contributed by atoms with van der Waals surface area (Å²) in [5.41, 5.74) is 4.34. The van der Waals surface area contributed by atoms with Crippen LogP contribution >= 0.6 is 11.3 Å². The first-order valence-corrected chi connectivity index (χ1v) is 8.61. The van der Waals surface area contributed by atoms with Crippen molar-refractivity contribution in [2.45, 2.75) is 46.1 Å². The molecule has 1 aromatic heterocycles. The van der Waals surface area contributed by atoms with Crippen LogP contribution in [0.25, 0.3) is 10.6 Å². The molecule has 0 radical (unpaired) electrons. The van der Waals surface area contributed by atoms with E-state index in [0.29, 0.717) is 11.5 Å². The quantitative estimate of drug-likeness (QED) is 0.895. The molecule has 112 valence electrons. The van der Waals surface area contributed by atoms with Crippen molar-refractivity contribution in [1.29, 1.82) is 0 Å². The normalized spacial score (nSPS) is 20.3. The molecule has 1 N–H and O–H groups in total. The maximum Gasteiger partial charge on any atom is 0.124 e. The Morgan fingerprint density at radius 1 is 1.33 bits per heavy atom. The molecule has 1 aliphatic rings. The van der Waals surface area contributed by atoms with E-state index in [-0.39, 0.29) is 0 Å². The van der Waals surface area contributed by atoms with Crippen LogP contribution in [0.4, 0.5) is 0 Å². The van der Waals surface area contributed by atoms with Gasteiger partial charge in [-0.3, -0.25) is 0 Å². The van der Waals surface area contributed by atoms with Gasteiger partial charge in [-0.1, -0.05) is 45.0 Å². The van der Waals surface area contributed by atoms with Crippen LogP contribution in [0.2, 0.25) is 0 Å². The van der Waals surface area contributed by atoms with Crippen LogP contribution in [0.1, 0.15) is 49.4 Å². The van der Waals surface area contributed by atoms with E-state index >= 15 is 0 Å². The minimum absolute atomic E-state index is 0.330. The van der Waals surface area contributed by atoms with E-state index in [1.807, 2.05) is 11.3 Å². The molecule has 2 aromatic rings. The fraction of sp³-hybridized carbons (Fsp3) is 0.500. The van der Waals surface area contributed by atoms with Crippen LogP contribution in [-0.4, -0.2) is 12.0 Å². The summed E-state index contributed by atoms with van der Waals surface area (Å²) in [7, 11) is 2.06. The maximum atomic E-state index is 5.00. The topological polar surface area (TPSA) is 24.9 Å². The molecule has 3 heteroatoms. The Hall–Kier alpha value is -1.19. The van der Waals surface area contributed by atoms with Gasteiger partial charge in [0, 0.05) is 16.5 Å². The van der Waals surface area contributed by atoms with E-state index in [1.54, 1.807) is 0 Å². The Bertz CT molecular complexity index is 642. The molecule has 0 amide bonds. The predicted octanol–water partition coefficient (Wildman–Crippen LogP) is 4.61. The van der Waals surface area contributed by atoms with Crippen LogP contribution in [0.3, 0.4) is 0 Å². The van der Waals surface area contributed by atoms with Crippen LogP contribution < -0.4 is 5.32 Å². The van der Waals surface area contributed by atoms with E-state index in [4.69, 9.17) is 4.98 Å². The van der Waals surface area contributed by atoms with E-state index in [9.17, 15) is 0 Å². The summed E-state index contributed by atoms with van der Waals surface area (Å²) in [5, 5.41) is 4.67. The molecule has 1 aliphatic carbocycles. The summed E-state index contributed by atoms with van der Waals surface area (Å²) in [6, 6.07) is 9.12. The van der Waals surface area contributed by atoms with Gasteiger partial charge in [-0.25, -0.2) is 4.98 Å². The Morgan fingerprint density at radius 3 is 2.81 bits per heavy atom. The number of nitrogens with zero attached hydrogens (tertiary/aromatic N) is 1. The molecule has 2 nitrogen and oxygen atoms in total. The van der Waals surface area contributed by atoms with Gasteiger partial charge in [0.2, 0.25) is 0 Å². The van der Waals surface area contributed by atoms with Crippen molar-refractivity contribution in [2.24, 2.45) is 5.41 Å². The average Bonchev–Trinajstić information content (AvgIpc) is 2.88. The largest absolute Gasteiger partial charge is 0.312 e. The molecule has 0 bridgehead atoms. The third-order valence-corrected chi connectivity index (χ3v) is 5.67. The molecule has 0 spiro atoms. The summed E-state index contributed by atoms with van der Waals surface area (Å²) in [4.78, 5) is 6.44. The van der Waals surface area contributed by atoms with Gasteiger partial charge in [0.25, 0.3) is 0 Å². The van der Waals surface area contributed by atoms with Crippen molar-refractivity contribution in [3.63, 3.8) is 0 Å². The lowest BCUT2D eigenvalue weighted by molar-refractivity contribution is 0.265. The Kier molecular flexibility index (Phi) is 3.89. The number of aryl methyl sites for hydroxylation is 1. The number of benzene rings is 1. The summed E-state index contributed by atoms with van der Waals surface area (Å²) in [5.74, 6) is 0. The van der Waals surface area contributed by atoms with Crippen molar-refractivity contribution in [1.82, 2.24) is 10.3 Å². The molecule has 21 heavy (non-hydrogen) atoms. The Labute approximate surface area is 131 Å². The van der Waals surface area contributed by atoms with Crippen molar-refractivity contribution >= 4 is 11.3 Å². The minimum Gasteiger partial charge on any atom is -0.312 e. The van der Waals surface area contributed by atoms with Gasteiger partial charge >= 0.3 is 0 Å². The van der Waals surface area contributed by atoms with Gasteiger partial charge < -0.3 is 5.32 Å². The minimum atomic E-state index is 0.330. The number of aromatic nitrogens is 1. The van der Waals surface area contributed by atoms with Gasteiger partial charge in [-0.15, -0.1) is 11.3 Å². The number of nitrogens with one attached hydrogen (secondary N) is 1. The lowest BCUT2D eigenvalue weighted by atomic mass is 9.76. The molecular formula is C18H24N2S. The smallest absolute Gasteiger partial charge is 0.124 e. The Balaban J connectivity index is 2.06. The first-order valence-electron chi connectivity index (χ1n) is 7.79. The van der Waals surface area contributed by atoms with E-state index in [1.165, 1.54) is 33.1 Å². The number of hydrogen-bond donors (Lipinski definition) is 1. The SMILES string of the molecule is CCc1ccccc1-c1nc2c(s1)C(NC)CC(C)(C)C2. The summed E-state index contributed by atoms with van der Waals surface area (Å²) >= 11 is 1.88. The van der Waals surface area contributed by atoms with Crippen LogP contribution in [0, 0.1) is 5.41 Å². The van der Waals surface area contributed by atoms with Crippen molar-refractivity contribution in [2.75, 3.05) is 7.05 Å². The van der Waals surface area contributed by atoms with E-state index < -0.39 is 0 Å². The first-order chi connectivity index (χ1) is 10.0. The van der Waals surface area contributed by atoms with Crippen molar-refractivity contribution < 1.29 is 0 Å². The number of rotatable bonds is 3. The predicted molar refractivity (Wildman–Crippen MR) is 90.8 cm³/mol. The first kappa shape index (κ1) is 14.7. The van der Waals surface area contributed by atoms with E-state index in [2.05, 4.69) is 57.4 Å². The molecule has 1 heterocycles. The number of hydrogen-bond acceptors (Lipinski definition) is 3. The van der Waals surface area contributed by atoms with Crippen molar-refractivity contribution in [3.05, 3.63) is 40.4 Å². The van der Waals surface area contributed by atoms with Gasteiger partial charge in [0.05, 0.1) is 5.69 Å². The van der Waals surface area contributed by atoms with Crippen molar-refractivity contribution in [3.8, 4) is 10.6 Å². The Morgan fingerprint density at radius 2 is 2.10 bits per heavy atom. The summed E-state index contributed by atoms with van der Waals surface area (Å²) in [6.07, 6.45) is 3.33. The summed E-state index contributed by atoms with van der Waals surface area (Å²) < 4.78 is 0. The van der Waals surface area contributed by atoms with Gasteiger partial charge in [-0.2, -0.15) is 0 Å². The lowest BCUT2D eigenvalue weighted by Gasteiger charge is -2.34. The molecule has 3 rings (SSSR count). The lowest BCUT2D eigenvalue weighted by Crippen LogP contribution is -2.30. The highest BCUT2D eigenvalue weighted by atomic mass is 32.1. The molecule has 1 atom stereocenters. The maximum absolute atomic E-state index is 5.00. The monoisotopic (exact) mass is 300 g/mol. The molecule has 1 unspecified atom stereocenters. The van der Waals surface area contributed by atoms with E-state index in [0.717, 1.165) is 12.8 Å². The third kappa shape index (κ3) is 2.77. The second kappa shape index (κ2) is 5.54. The fourth-order valence-electron chi connectivity index (χ4n) is 3.32. The zero-order valence-corrected chi connectivity index (χ0v) is 14.2. The van der Waals surface area contributed by atoms with Crippen LogP contribution in [0.15, 0.2) is 24.3 Å². The second-order valence-electron chi connectivity index (χ2n) is 6.73. The van der Waals surface area contributed by atoms with Gasteiger partial charge in [0.1, 0.15) is 5.01 Å². The zero-order chi connectivity index (χ0) is 15.0. The number of thiazole rings is 1. The zero-order valence-electron chi connectivity index (χ0n) is 13.4. The third-order valence-electron chi connectivity index (χ3n) is 4.42. The molecule has 0 saturated heterocycles.